The molecule has 1 aromatic carbocycles. The van der Waals surface area contributed by atoms with E-state index in [0.29, 0.717) is 5.58 Å². The van der Waals surface area contributed by atoms with Gasteiger partial charge in [0.25, 0.3) is 5.78 Å². The van der Waals surface area contributed by atoms with E-state index in [9.17, 15) is 9.59 Å². The average molecular weight is 190 g/mol. The largest absolute Gasteiger partial charge is 0.475 e. The normalized spacial score (nSPS) is 10.3. The van der Waals surface area contributed by atoms with Crippen molar-refractivity contribution in [2.45, 2.75) is 0 Å². The number of carboxylic acid groups (broad SMARTS) is 1. The number of hydrogen-bond acceptors (Lipinski definition) is 3. The number of fused-ring (bicyclic) bond motifs is 1. The van der Waals surface area contributed by atoms with Crippen LogP contribution in [0.5, 0.6) is 0 Å². The molecule has 4 nitrogen and oxygen atoms in total. The summed E-state index contributed by atoms with van der Waals surface area (Å²) in [5.41, 5.74) is 0.636. The van der Waals surface area contributed by atoms with Crippen LogP contribution in [-0.2, 0) is 4.79 Å². The van der Waals surface area contributed by atoms with Crippen LogP contribution in [0.3, 0.4) is 0 Å². The molecule has 0 aliphatic rings. The van der Waals surface area contributed by atoms with Crippen LogP contribution in [0.25, 0.3) is 11.0 Å². The van der Waals surface area contributed by atoms with E-state index < -0.39 is 11.8 Å². The quantitative estimate of drug-likeness (QED) is 0.578. The summed E-state index contributed by atoms with van der Waals surface area (Å²) in [5, 5.41) is 9.32. The number of hydrogen-bond donors (Lipinski definition) is 1. The maximum Gasteiger partial charge on any atom is 0.377 e. The maximum atomic E-state index is 11.1. The molecule has 0 saturated heterocycles. The Bertz CT molecular complexity index is 510. The van der Waals surface area contributed by atoms with Crippen LogP contribution in [0, 0.1) is 0 Å². The van der Waals surface area contributed by atoms with E-state index in [-0.39, 0.29) is 5.56 Å². The summed E-state index contributed by atoms with van der Waals surface area (Å²) >= 11 is 0. The first-order valence-corrected chi connectivity index (χ1v) is 3.93. The number of carbonyl (C=O) groups excluding carboxylic acids is 1. The molecule has 0 spiro atoms. The SMILES string of the molecule is O=C(O)C(=O)c1ccc2ccoc2c1. The number of Topliss-reactive ketones (excluding diaryl/α,β-unsaturated/α-hetero) is 1. The fourth-order valence-corrected chi connectivity index (χ4v) is 1.22. The molecule has 0 atom stereocenters. The van der Waals surface area contributed by atoms with Crippen molar-refractivity contribution < 1.29 is 19.1 Å². The van der Waals surface area contributed by atoms with Gasteiger partial charge in [-0.25, -0.2) is 4.79 Å². The first-order valence-electron chi connectivity index (χ1n) is 3.93. The summed E-state index contributed by atoms with van der Waals surface area (Å²) in [6.45, 7) is 0. The predicted octanol–water partition coefficient (Wildman–Crippen LogP) is 1.70. The fourth-order valence-electron chi connectivity index (χ4n) is 1.22. The van der Waals surface area contributed by atoms with Gasteiger partial charge in [-0.3, -0.25) is 4.79 Å². The van der Waals surface area contributed by atoms with E-state index in [1.54, 1.807) is 12.1 Å². The summed E-state index contributed by atoms with van der Waals surface area (Å²) in [7, 11) is 0. The lowest BCUT2D eigenvalue weighted by molar-refractivity contribution is -0.131. The topological polar surface area (TPSA) is 67.5 Å². The maximum absolute atomic E-state index is 11.1. The van der Waals surface area contributed by atoms with Crippen molar-refractivity contribution in [3.63, 3.8) is 0 Å². The van der Waals surface area contributed by atoms with E-state index in [1.165, 1.54) is 18.4 Å². The van der Waals surface area contributed by atoms with Crippen LogP contribution >= 0.6 is 0 Å². The van der Waals surface area contributed by atoms with Crippen molar-refractivity contribution in [3.8, 4) is 0 Å². The van der Waals surface area contributed by atoms with Crippen LogP contribution in [0.2, 0.25) is 0 Å². The van der Waals surface area contributed by atoms with E-state index in [2.05, 4.69) is 0 Å². The second-order valence-electron chi connectivity index (χ2n) is 2.81. The molecule has 0 radical (unpaired) electrons. The molecule has 4 heteroatoms. The summed E-state index contributed by atoms with van der Waals surface area (Å²) in [4.78, 5) is 21.5. The second-order valence-corrected chi connectivity index (χ2v) is 2.81. The Balaban J connectivity index is 2.54. The summed E-state index contributed by atoms with van der Waals surface area (Å²) in [5.74, 6) is -2.39. The first kappa shape index (κ1) is 8.50. The Morgan fingerprint density at radius 1 is 1.21 bits per heavy atom. The highest BCUT2D eigenvalue weighted by atomic mass is 16.4. The van der Waals surface area contributed by atoms with Crippen LogP contribution in [-0.4, -0.2) is 16.9 Å². The lowest BCUT2D eigenvalue weighted by Gasteiger charge is -1.94. The molecule has 2 rings (SSSR count). The van der Waals surface area contributed by atoms with Crippen molar-refractivity contribution in [2.75, 3.05) is 0 Å². The third-order valence-electron chi connectivity index (χ3n) is 1.91. The van der Waals surface area contributed by atoms with Crippen molar-refractivity contribution in [3.05, 3.63) is 36.1 Å². The van der Waals surface area contributed by atoms with Crippen molar-refractivity contribution in [2.24, 2.45) is 0 Å². The zero-order valence-electron chi connectivity index (χ0n) is 7.06. The van der Waals surface area contributed by atoms with Gasteiger partial charge in [0.15, 0.2) is 0 Å². The Morgan fingerprint density at radius 3 is 2.71 bits per heavy atom. The summed E-state index contributed by atoms with van der Waals surface area (Å²) in [6.07, 6.45) is 1.49. The molecule has 0 aliphatic heterocycles. The Labute approximate surface area is 78.8 Å². The van der Waals surface area contributed by atoms with Gasteiger partial charge in [0, 0.05) is 10.9 Å². The summed E-state index contributed by atoms with van der Waals surface area (Å²) < 4.78 is 5.04. The molecule has 0 saturated carbocycles. The van der Waals surface area contributed by atoms with Gasteiger partial charge in [-0.1, -0.05) is 6.07 Å². The highest BCUT2D eigenvalue weighted by Gasteiger charge is 2.14. The molecule has 0 fully saturated rings. The number of carbonyl (C=O) groups is 2. The Kier molecular flexibility index (Phi) is 1.81. The van der Waals surface area contributed by atoms with Gasteiger partial charge in [-0.2, -0.15) is 0 Å². The molecular weight excluding hydrogens is 184 g/mol. The highest BCUT2D eigenvalue weighted by Crippen LogP contribution is 2.17. The molecule has 1 aromatic heterocycles. The fraction of sp³-hybridized carbons (Fsp3) is 0. The summed E-state index contributed by atoms with van der Waals surface area (Å²) in [6, 6.07) is 6.28. The lowest BCUT2D eigenvalue weighted by Crippen LogP contribution is -2.12. The Morgan fingerprint density at radius 2 is 2.00 bits per heavy atom. The van der Waals surface area contributed by atoms with E-state index in [1.807, 2.05) is 0 Å². The average Bonchev–Trinajstić information content (AvgIpc) is 2.62. The molecule has 0 bridgehead atoms. The molecule has 70 valence electrons. The number of carboxylic acids is 1. The standard InChI is InChI=1S/C10H6O4/c11-9(10(12)13)7-2-1-6-3-4-14-8(6)5-7/h1-5H,(H,12,13). The number of ketones is 1. The van der Waals surface area contributed by atoms with E-state index in [0.717, 1.165) is 5.39 Å². The van der Waals surface area contributed by atoms with Gasteiger partial charge in [-0.05, 0) is 18.2 Å². The Hall–Kier alpha value is -2.10. The molecule has 1 N–H and O–H groups in total. The smallest absolute Gasteiger partial charge is 0.377 e. The van der Waals surface area contributed by atoms with Crippen LogP contribution < -0.4 is 0 Å². The van der Waals surface area contributed by atoms with E-state index in [4.69, 9.17) is 9.52 Å². The second kappa shape index (κ2) is 2.99. The molecule has 2 aromatic rings. The first-order chi connectivity index (χ1) is 6.68. The van der Waals surface area contributed by atoms with Gasteiger partial charge >= 0.3 is 5.97 Å². The van der Waals surface area contributed by atoms with Crippen LogP contribution in [0.4, 0.5) is 0 Å². The van der Waals surface area contributed by atoms with Crippen LogP contribution in [0.1, 0.15) is 10.4 Å². The number of furan rings is 1. The lowest BCUT2D eigenvalue weighted by atomic mass is 10.1. The zero-order chi connectivity index (χ0) is 10.1. The molecular formula is C10H6O4. The predicted molar refractivity (Wildman–Crippen MR) is 48.2 cm³/mol. The minimum atomic E-state index is -1.46. The number of benzene rings is 1. The highest BCUT2D eigenvalue weighted by molar-refractivity contribution is 6.40. The van der Waals surface area contributed by atoms with Gasteiger partial charge in [-0.15, -0.1) is 0 Å². The molecule has 14 heavy (non-hydrogen) atoms. The minimum Gasteiger partial charge on any atom is -0.475 e. The molecule has 0 aliphatic carbocycles. The van der Waals surface area contributed by atoms with Gasteiger partial charge < -0.3 is 9.52 Å². The monoisotopic (exact) mass is 190 g/mol. The van der Waals surface area contributed by atoms with E-state index >= 15 is 0 Å². The van der Waals surface area contributed by atoms with Crippen molar-refractivity contribution in [1.29, 1.82) is 0 Å². The van der Waals surface area contributed by atoms with Crippen LogP contribution in [0.15, 0.2) is 34.9 Å². The number of rotatable bonds is 2. The molecule has 1 heterocycles. The third kappa shape index (κ3) is 1.26. The zero-order valence-corrected chi connectivity index (χ0v) is 7.06. The van der Waals surface area contributed by atoms with Crippen molar-refractivity contribution in [1.82, 2.24) is 0 Å². The number of aliphatic carboxylic acids is 1. The minimum absolute atomic E-state index is 0.125. The van der Waals surface area contributed by atoms with Gasteiger partial charge in [0.2, 0.25) is 0 Å². The van der Waals surface area contributed by atoms with Gasteiger partial charge in [0.05, 0.1) is 6.26 Å². The van der Waals surface area contributed by atoms with Crippen molar-refractivity contribution >= 4 is 22.7 Å². The molecule has 0 unspecified atom stereocenters. The third-order valence-corrected chi connectivity index (χ3v) is 1.91. The van der Waals surface area contributed by atoms with Gasteiger partial charge in [0.1, 0.15) is 5.58 Å². The molecule has 0 amide bonds.